The van der Waals surface area contributed by atoms with Crippen LogP contribution >= 0.6 is 0 Å². The summed E-state index contributed by atoms with van der Waals surface area (Å²) in [4.78, 5) is 19.2. The highest BCUT2D eigenvalue weighted by molar-refractivity contribution is 5.77. The first kappa shape index (κ1) is 17.1. The molecule has 0 aliphatic carbocycles. The maximum absolute atomic E-state index is 12.9. The number of rotatable bonds is 5. The zero-order chi connectivity index (χ0) is 17.9. The van der Waals surface area contributed by atoms with Gasteiger partial charge in [0.1, 0.15) is 11.9 Å². The van der Waals surface area contributed by atoms with E-state index in [0.29, 0.717) is 24.4 Å². The first-order chi connectivity index (χ1) is 12.7. The number of hydrogen-bond acceptors (Lipinski definition) is 3. The van der Waals surface area contributed by atoms with Crippen LogP contribution in [0.3, 0.4) is 0 Å². The lowest BCUT2D eigenvalue weighted by atomic mass is 9.98. The molecule has 1 aromatic heterocycles. The van der Waals surface area contributed by atoms with Gasteiger partial charge in [-0.2, -0.15) is 0 Å². The maximum atomic E-state index is 12.9. The van der Waals surface area contributed by atoms with Crippen molar-refractivity contribution in [1.82, 2.24) is 9.88 Å². The first-order valence-corrected chi connectivity index (χ1v) is 9.63. The van der Waals surface area contributed by atoms with Gasteiger partial charge >= 0.3 is 0 Å². The molecule has 2 aliphatic heterocycles. The molecule has 1 amide bonds. The number of amides is 1. The SMILES string of the molecule is Cc1ccccc1CCC(=O)N1C2CCC1CC(Oc1cccnc1)C2. The van der Waals surface area contributed by atoms with Crippen LogP contribution in [-0.2, 0) is 11.2 Å². The Morgan fingerprint density at radius 2 is 1.92 bits per heavy atom. The number of carbonyl (C=O) groups excluding carboxylic acids is 1. The summed E-state index contributed by atoms with van der Waals surface area (Å²) >= 11 is 0. The quantitative estimate of drug-likeness (QED) is 0.821. The molecule has 4 nitrogen and oxygen atoms in total. The fraction of sp³-hybridized carbons (Fsp3) is 0.455. The van der Waals surface area contributed by atoms with Crippen LogP contribution in [0.2, 0.25) is 0 Å². The van der Waals surface area contributed by atoms with Crippen LogP contribution < -0.4 is 4.74 Å². The van der Waals surface area contributed by atoms with Gasteiger partial charge in [-0.3, -0.25) is 9.78 Å². The Bertz CT molecular complexity index is 748. The third-order valence-corrected chi connectivity index (χ3v) is 5.78. The highest BCUT2D eigenvalue weighted by atomic mass is 16.5. The van der Waals surface area contributed by atoms with Gasteiger partial charge in [0.25, 0.3) is 0 Å². The minimum atomic E-state index is 0.192. The van der Waals surface area contributed by atoms with Crippen LogP contribution in [0.4, 0.5) is 0 Å². The van der Waals surface area contributed by atoms with Crippen molar-refractivity contribution in [2.24, 2.45) is 0 Å². The number of aromatic nitrogens is 1. The molecule has 2 aromatic rings. The fourth-order valence-electron chi connectivity index (χ4n) is 4.50. The number of hydrogen-bond donors (Lipinski definition) is 0. The molecule has 136 valence electrons. The molecule has 2 saturated heterocycles. The van der Waals surface area contributed by atoms with Gasteiger partial charge in [0, 0.05) is 37.5 Å². The van der Waals surface area contributed by atoms with Crippen LogP contribution in [0.15, 0.2) is 48.8 Å². The molecule has 0 N–H and O–H groups in total. The van der Waals surface area contributed by atoms with Gasteiger partial charge in [-0.1, -0.05) is 24.3 Å². The lowest BCUT2D eigenvalue weighted by Gasteiger charge is -2.39. The Balaban J connectivity index is 1.35. The molecule has 4 heteroatoms. The zero-order valence-corrected chi connectivity index (χ0v) is 15.3. The Kier molecular flexibility index (Phi) is 4.91. The van der Waals surface area contributed by atoms with Crippen LogP contribution in [0.25, 0.3) is 0 Å². The average molecular weight is 350 g/mol. The molecular weight excluding hydrogens is 324 g/mol. The molecule has 2 atom stereocenters. The van der Waals surface area contributed by atoms with Gasteiger partial charge in [0.05, 0.1) is 6.20 Å². The monoisotopic (exact) mass is 350 g/mol. The van der Waals surface area contributed by atoms with Crippen LogP contribution in [0.5, 0.6) is 5.75 Å². The van der Waals surface area contributed by atoms with E-state index in [1.807, 2.05) is 18.2 Å². The number of pyridine rings is 1. The van der Waals surface area contributed by atoms with Crippen molar-refractivity contribution in [2.45, 2.75) is 63.6 Å². The van der Waals surface area contributed by atoms with Gasteiger partial charge in [-0.05, 0) is 49.4 Å². The largest absolute Gasteiger partial charge is 0.489 e. The van der Waals surface area contributed by atoms with E-state index < -0.39 is 0 Å². The predicted octanol–water partition coefficient (Wildman–Crippen LogP) is 3.92. The number of ether oxygens (including phenoxy) is 1. The molecule has 2 unspecified atom stereocenters. The van der Waals surface area contributed by atoms with E-state index in [0.717, 1.165) is 37.9 Å². The van der Waals surface area contributed by atoms with E-state index >= 15 is 0 Å². The van der Waals surface area contributed by atoms with Crippen molar-refractivity contribution in [3.8, 4) is 5.75 Å². The number of fused-ring (bicyclic) bond motifs is 2. The molecule has 0 saturated carbocycles. The Morgan fingerprint density at radius 3 is 2.62 bits per heavy atom. The van der Waals surface area contributed by atoms with E-state index in [1.54, 1.807) is 12.4 Å². The Morgan fingerprint density at radius 1 is 1.15 bits per heavy atom. The van der Waals surface area contributed by atoms with E-state index in [9.17, 15) is 4.79 Å². The van der Waals surface area contributed by atoms with Gasteiger partial charge in [0.2, 0.25) is 5.91 Å². The molecule has 2 bridgehead atoms. The highest BCUT2D eigenvalue weighted by Gasteiger charge is 2.43. The normalized spacial score (nSPS) is 24.5. The molecule has 2 aliphatic rings. The molecule has 1 aromatic carbocycles. The second-order valence-corrected chi connectivity index (χ2v) is 7.51. The van der Waals surface area contributed by atoms with Crippen molar-refractivity contribution in [2.75, 3.05) is 0 Å². The third kappa shape index (κ3) is 3.59. The van der Waals surface area contributed by atoms with E-state index in [1.165, 1.54) is 11.1 Å². The van der Waals surface area contributed by atoms with Crippen LogP contribution in [0, 0.1) is 6.92 Å². The smallest absolute Gasteiger partial charge is 0.223 e. The second kappa shape index (κ2) is 7.48. The summed E-state index contributed by atoms with van der Waals surface area (Å²) in [6.07, 6.45) is 9.22. The predicted molar refractivity (Wildman–Crippen MR) is 101 cm³/mol. The lowest BCUT2D eigenvalue weighted by Crippen LogP contribution is -2.49. The summed E-state index contributed by atoms with van der Waals surface area (Å²) < 4.78 is 6.11. The summed E-state index contributed by atoms with van der Waals surface area (Å²) in [5, 5.41) is 0. The summed E-state index contributed by atoms with van der Waals surface area (Å²) in [5.74, 6) is 1.14. The van der Waals surface area contributed by atoms with Gasteiger partial charge in [-0.25, -0.2) is 0 Å². The Labute approximate surface area is 155 Å². The van der Waals surface area contributed by atoms with Gasteiger partial charge < -0.3 is 9.64 Å². The summed E-state index contributed by atoms with van der Waals surface area (Å²) in [6.45, 7) is 2.12. The average Bonchev–Trinajstić information content (AvgIpc) is 2.93. The number of nitrogens with zero attached hydrogens (tertiary/aromatic N) is 2. The standard InChI is InChI=1S/C22H26N2O2/c1-16-5-2-3-6-17(16)8-11-22(25)24-18-9-10-19(24)14-21(13-18)26-20-7-4-12-23-15-20/h2-7,12,15,18-19,21H,8-11,13-14H2,1H3. The summed E-state index contributed by atoms with van der Waals surface area (Å²) in [5.41, 5.74) is 2.55. The molecule has 26 heavy (non-hydrogen) atoms. The molecule has 0 radical (unpaired) electrons. The zero-order valence-electron chi connectivity index (χ0n) is 15.3. The molecule has 3 heterocycles. The number of benzene rings is 1. The highest BCUT2D eigenvalue weighted by Crippen LogP contribution is 2.37. The number of aryl methyl sites for hydroxylation is 2. The van der Waals surface area contributed by atoms with Gasteiger partial charge in [-0.15, -0.1) is 0 Å². The van der Waals surface area contributed by atoms with E-state index in [2.05, 4.69) is 35.0 Å². The second-order valence-electron chi connectivity index (χ2n) is 7.51. The number of carbonyl (C=O) groups is 1. The molecule has 4 rings (SSSR count). The van der Waals surface area contributed by atoms with Crippen molar-refractivity contribution < 1.29 is 9.53 Å². The molecule has 0 spiro atoms. The minimum Gasteiger partial charge on any atom is -0.489 e. The molecule has 2 fully saturated rings. The lowest BCUT2D eigenvalue weighted by molar-refractivity contribution is -0.137. The molecular formula is C22H26N2O2. The van der Waals surface area contributed by atoms with E-state index in [-0.39, 0.29) is 6.10 Å². The number of piperidine rings is 1. The van der Waals surface area contributed by atoms with Crippen LogP contribution in [-0.4, -0.2) is 34.0 Å². The third-order valence-electron chi connectivity index (χ3n) is 5.78. The first-order valence-electron chi connectivity index (χ1n) is 9.63. The summed E-state index contributed by atoms with van der Waals surface area (Å²) in [7, 11) is 0. The Hall–Kier alpha value is -2.36. The van der Waals surface area contributed by atoms with E-state index in [4.69, 9.17) is 4.74 Å². The topological polar surface area (TPSA) is 42.4 Å². The fourth-order valence-corrected chi connectivity index (χ4v) is 4.50. The summed E-state index contributed by atoms with van der Waals surface area (Å²) in [6, 6.07) is 12.9. The minimum absolute atomic E-state index is 0.192. The van der Waals surface area contributed by atoms with Crippen LogP contribution in [0.1, 0.15) is 43.2 Å². The van der Waals surface area contributed by atoms with Crippen molar-refractivity contribution in [3.63, 3.8) is 0 Å². The maximum Gasteiger partial charge on any atom is 0.223 e. The van der Waals surface area contributed by atoms with Crippen molar-refractivity contribution >= 4 is 5.91 Å². The van der Waals surface area contributed by atoms with Gasteiger partial charge in [0.15, 0.2) is 0 Å². The van der Waals surface area contributed by atoms with Crippen molar-refractivity contribution in [3.05, 3.63) is 59.9 Å². The van der Waals surface area contributed by atoms with Crippen molar-refractivity contribution in [1.29, 1.82) is 0 Å².